The number of rotatable bonds is 14. The molecule has 0 bridgehead atoms. The molecule has 1 unspecified atom stereocenters. The number of piperazine rings is 1. The number of furan rings is 1. The van der Waals surface area contributed by atoms with Gasteiger partial charge in [0.05, 0.1) is 19.3 Å². The molecule has 1 saturated heterocycles. The number of benzene rings is 4. The number of amides is 2. The van der Waals surface area contributed by atoms with Gasteiger partial charge in [-0.25, -0.2) is 0 Å². The monoisotopic (exact) mass is 886 g/mol. The van der Waals surface area contributed by atoms with Crippen LogP contribution in [0.1, 0.15) is 45.3 Å². The average molecular weight is 887 g/mol. The number of β-amino-alcohol motifs (C(OH)–C–C–N with tert-alkyl or cyclic N) is 1. The third-order valence-corrected chi connectivity index (χ3v) is 11.7. The molecule has 64 heavy (non-hydrogen) atoms. The molecule has 1 aromatic heterocycles. The summed E-state index contributed by atoms with van der Waals surface area (Å²) < 4.78 is 61.5. The molecule has 0 spiro atoms. The summed E-state index contributed by atoms with van der Waals surface area (Å²) in [6.45, 7) is 1.99. The van der Waals surface area contributed by atoms with Crippen LogP contribution < -0.4 is 24.8 Å². The maximum absolute atomic E-state index is 13.9. The van der Waals surface area contributed by atoms with E-state index in [-0.39, 0.29) is 38.1 Å². The summed E-state index contributed by atoms with van der Waals surface area (Å²) in [5, 5.41) is 28.1. The first kappa shape index (κ1) is 46.1. The third kappa shape index (κ3) is 11.6. The number of carbonyl (C=O) groups excluding carboxylic acids is 3. The lowest BCUT2D eigenvalue weighted by Crippen LogP contribution is -2.61. The quantitative estimate of drug-likeness (QED) is 0.105. The smallest absolute Gasteiger partial charge is 0.405 e. The fourth-order valence-electron chi connectivity index (χ4n) is 8.62. The number of para-hydroxylation sites is 3. The Labute approximate surface area is 369 Å². The zero-order valence-corrected chi connectivity index (χ0v) is 35.6. The molecule has 13 nitrogen and oxygen atoms in total. The molecule has 4 N–H and O–H groups in total. The van der Waals surface area contributed by atoms with E-state index >= 15 is 0 Å². The SMILES string of the molecule is COc1cccc2cc(C=O)oc12.Cc1cccc2c1OC(CN1CCN(C[C@@H](O)C[C@@H](Cc3ccccc3)C(=O)N[C@H]3c4ccccc4OC[C@H]3O)[C@H](C(=O)NCC(F)(F)F)C1)C2. The molecule has 4 heterocycles. The number of ether oxygens (including phenoxy) is 3. The highest BCUT2D eigenvalue weighted by molar-refractivity contribution is 5.88. The van der Waals surface area contributed by atoms with Crippen LogP contribution in [0.5, 0.6) is 17.2 Å². The number of methoxy groups -OCH3 is 1. The summed E-state index contributed by atoms with van der Waals surface area (Å²) in [5.41, 5.74) is 4.28. The summed E-state index contributed by atoms with van der Waals surface area (Å²) in [6.07, 6.45) is -5.10. The van der Waals surface area contributed by atoms with Gasteiger partial charge in [-0.1, -0.05) is 78.9 Å². The van der Waals surface area contributed by atoms with Crippen molar-refractivity contribution < 1.29 is 56.4 Å². The van der Waals surface area contributed by atoms with Crippen molar-refractivity contribution in [3.63, 3.8) is 0 Å². The number of alkyl halides is 3. The minimum absolute atomic E-state index is 0.0111. The normalized spacial score (nSPS) is 20.6. The van der Waals surface area contributed by atoms with E-state index in [4.69, 9.17) is 18.6 Å². The Balaban J connectivity index is 0.000000401. The molecule has 340 valence electrons. The lowest BCUT2D eigenvalue weighted by atomic mass is 9.90. The molecule has 1 fully saturated rings. The van der Waals surface area contributed by atoms with Gasteiger partial charge >= 0.3 is 6.18 Å². The molecule has 0 saturated carbocycles. The van der Waals surface area contributed by atoms with E-state index < -0.39 is 48.8 Å². The largest absolute Gasteiger partial charge is 0.493 e. The van der Waals surface area contributed by atoms with Crippen LogP contribution >= 0.6 is 0 Å². The molecular weight excluding hydrogens is 834 g/mol. The summed E-state index contributed by atoms with van der Waals surface area (Å²) in [6, 6.07) is 28.0. The van der Waals surface area contributed by atoms with Gasteiger partial charge in [-0.2, -0.15) is 13.2 Å². The van der Waals surface area contributed by atoms with E-state index in [1.54, 1.807) is 42.3 Å². The molecule has 3 aliphatic rings. The van der Waals surface area contributed by atoms with Gasteiger partial charge in [-0.3, -0.25) is 24.2 Å². The number of carbonyl (C=O) groups is 3. The standard InChI is InChI=1S/C38H45F3N4O6.C10H8O3/c1-24-8-7-11-26-18-29(51-35(24)26)20-44-14-15-45(31(21-44)37(49)42-23-38(39,40)41)19-28(46)17-27(16-25-9-3-2-4-10-25)36(48)43-34-30-12-5-6-13-33(30)50-22-32(34)47;1-12-9-4-2-3-7-5-8(6-11)13-10(7)9/h2-13,27-29,31-32,34,46-47H,14-23H2,1H3,(H,42,49)(H,43,48);2-6H,1H3/t27-,28+,29?,31+,32-,34+;/m1./s1. The van der Waals surface area contributed by atoms with E-state index in [9.17, 15) is 37.8 Å². The maximum Gasteiger partial charge on any atom is 0.405 e. The van der Waals surface area contributed by atoms with Crippen molar-refractivity contribution in [3.8, 4) is 17.2 Å². The van der Waals surface area contributed by atoms with Gasteiger partial charge in [0, 0.05) is 56.0 Å². The first-order chi connectivity index (χ1) is 30.8. The van der Waals surface area contributed by atoms with E-state index in [0.29, 0.717) is 67.2 Å². The van der Waals surface area contributed by atoms with Crippen LogP contribution in [0, 0.1) is 12.8 Å². The molecule has 8 rings (SSSR count). The predicted octanol–water partition coefficient (Wildman–Crippen LogP) is 5.44. The molecule has 3 aliphatic heterocycles. The topological polar surface area (TPSA) is 163 Å². The zero-order valence-electron chi connectivity index (χ0n) is 35.6. The predicted molar refractivity (Wildman–Crippen MR) is 231 cm³/mol. The Morgan fingerprint density at radius 1 is 1.00 bits per heavy atom. The second-order valence-corrected chi connectivity index (χ2v) is 16.4. The van der Waals surface area contributed by atoms with Crippen molar-refractivity contribution in [2.24, 2.45) is 5.92 Å². The summed E-state index contributed by atoms with van der Waals surface area (Å²) in [4.78, 5) is 41.3. The van der Waals surface area contributed by atoms with Gasteiger partial charge in [-0.05, 0) is 54.7 Å². The van der Waals surface area contributed by atoms with Crippen LogP contribution in [0.4, 0.5) is 13.2 Å². The Kier molecular flexibility index (Phi) is 14.9. The van der Waals surface area contributed by atoms with Crippen LogP contribution in [0.3, 0.4) is 0 Å². The van der Waals surface area contributed by atoms with E-state index in [1.807, 2.05) is 83.9 Å². The third-order valence-electron chi connectivity index (χ3n) is 11.7. The molecular formula is C48H53F3N4O9. The van der Waals surface area contributed by atoms with Crippen molar-refractivity contribution in [3.05, 3.63) is 125 Å². The second-order valence-electron chi connectivity index (χ2n) is 16.4. The molecule has 6 atom stereocenters. The highest BCUT2D eigenvalue weighted by atomic mass is 19.4. The van der Waals surface area contributed by atoms with Crippen LogP contribution in [0.2, 0.25) is 0 Å². The lowest BCUT2D eigenvalue weighted by molar-refractivity contribution is -0.143. The van der Waals surface area contributed by atoms with Gasteiger partial charge in [0.1, 0.15) is 42.9 Å². The van der Waals surface area contributed by atoms with Gasteiger partial charge in [0.15, 0.2) is 23.4 Å². The molecule has 0 aliphatic carbocycles. The number of halogens is 3. The number of hydrogen-bond donors (Lipinski definition) is 4. The van der Waals surface area contributed by atoms with Crippen molar-refractivity contribution in [1.29, 1.82) is 0 Å². The van der Waals surface area contributed by atoms with Crippen LogP contribution in [-0.4, -0.2) is 122 Å². The number of aldehydes is 1. The first-order valence-electron chi connectivity index (χ1n) is 21.3. The Morgan fingerprint density at radius 2 is 1.77 bits per heavy atom. The van der Waals surface area contributed by atoms with Crippen molar-refractivity contribution in [2.75, 3.05) is 53.0 Å². The molecule has 0 radical (unpaired) electrons. The van der Waals surface area contributed by atoms with E-state index in [0.717, 1.165) is 27.8 Å². The molecule has 16 heteroatoms. The number of fused-ring (bicyclic) bond motifs is 3. The number of hydrogen-bond acceptors (Lipinski definition) is 11. The first-order valence-corrected chi connectivity index (χ1v) is 21.3. The van der Waals surface area contributed by atoms with Crippen molar-refractivity contribution >= 4 is 29.1 Å². The molecule has 5 aromatic rings. The summed E-state index contributed by atoms with van der Waals surface area (Å²) in [7, 11) is 1.57. The van der Waals surface area contributed by atoms with Gasteiger partial charge in [0.2, 0.25) is 11.8 Å². The second kappa shape index (κ2) is 20.7. The minimum atomic E-state index is -4.58. The number of aliphatic hydroxyl groups excluding tert-OH is 2. The highest BCUT2D eigenvalue weighted by Gasteiger charge is 2.39. The number of nitrogens with one attached hydrogen (secondary N) is 2. The zero-order chi connectivity index (χ0) is 45.4. The van der Waals surface area contributed by atoms with Crippen molar-refractivity contribution in [1.82, 2.24) is 20.4 Å². The fourth-order valence-corrected chi connectivity index (χ4v) is 8.62. The van der Waals surface area contributed by atoms with Crippen molar-refractivity contribution in [2.45, 2.75) is 62.8 Å². The molecule has 4 aromatic carbocycles. The van der Waals surface area contributed by atoms with Crippen LogP contribution in [0.15, 0.2) is 101 Å². The fraction of sp³-hybridized carbons (Fsp3) is 0.396. The number of nitrogens with zero attached hydrogens (tertiary/aromatic N) is 2. The minimum Gasteiger partial charge on any atom is -0.493 e. The van der Waals surface area contributed by atoms with E-state index in [2.05, 4.69) is 5.32 Å². The lowest BCUT2D eigenvalue weighted by Gasteiger charge is -2.42. The number of aliphatic hydroxyl groups is 2. The van der Waals surface area contributed by atoms with E-state index in [1.165, 1.54) is 0 Å². The van der Waals surface area contributed by atoms with Crippen LogP contribution in [-0.2, 0) is 22.4 Å². The average Bonchev–Trinajstić information content (AvgIpc) is 3.92. The summed E-state index contributed by atoms with van der Waals surface area (Å²) in [5.74, 6) is 0.532. The Hall–Kier alpha value is -5.94. The number of aryl methyl sites for hydroxylation is 1. The highest BCUT2D eigenvalue weighted by Crippen LogP contribution is 2.34. The van der Waals surface area contributed by atoms with Gasteiger partial charge < -0.3 is 39.5 Å². The van der Waals surface area contributed by atoms with Crippen LogP contribution in [0.25, 0.3) is 11.0 Å². The van der Waals surface area contributed by atoms with Gasteiger partial charge in [0.25, 0.3) is 0 Å². The Bertz CT molecular complexity index is 2380. The Morgan fingerprint density at radius 3 is 2.52 bits per heavy atom. The maximum atomic E-state index is 13.9. The molecule has 2 amide bonds. The van der Waals surface area contributed by atoms with Gasteiger partial charge in [-0.15, -0.1) is 0 Å². The summed E-state index contributed by atoms with van der Waals surface area (Å²) >= 11 is 0.